The van der Waals surface area contributed by atoms with Gasteiger partial charge in [0.2, 0.25) is 0 Å². The van der Waals surface area contributed by atoms with Crippen LogP contribution in [-0.4, -0.2) is 39.7 Å². The van der Waals surface area contributed by atoms with Gasteiger partial charge in [0, 0.05) is 51.5 Å². The molecule has 0 aromatic carbocycles. The number of nitrogens with zero attached hydrogens (tertiary/aromatic N) is 3. The second-order valence-corrected chi connectivity index (χ2v) is 6.78. The molecule has 1 saturated carbocycles. The minimum Gasteiger partial charge on any atom is -0.315 e. The van der Waals surface area contributed by atoms with Crippen molar-refractivity contribution in [2.24, 2.45) is 20.0 Å². The van der Waals surface area contributed by atoms with Gasteiger partial charge in [0.1, 0.15) is 0 Å². The molecular formula is C16H27ClN4O2. The van der Waals surface area contributed by atoms with Crippen molar-refractivity contribution in [1.29, 1.82) is 0 Å². The van der Waals surface area contributed by atoms with Gasteiger partial charge in [0.25, 0.3) is 5.56 Å². The van der Waals surface area contributed by atoms with Crippen LogP contribution in [0.15, 0.2) is 15.8 Å². The molecule has 3 rings (SSSR count). The summed E-state index contributed by atoms with van der Waals surface area (Å²) in [5.41, 5.74) is 0.297. The molecule has 1 aromatic rings. The van der Waals surface area contributed by atoms with Gasteiger partial charge in [-0.2, -0.15) is 0 Å². The second kappa shape index (κ2) is 7.64. The first kappa shape index (κ1) is 18.2. The van der Waals surface area contributed by atoms with Crippen molar-refractivity contribution >= 4 is 12.4 Å². The topological polar surface area (TPSA) is 59.3 Å². The van der Waals surface area contributed by atoms with Crippen molar-refractivity contribution in [3.63, 3.8) is 0 Å². The maximum Gasteiger partial charge on any atom is 0.330 e. The lowest BCUT2D eigenvalue weighted by Gasteiger charge is -2.35. The van der Waals surface area contributed by atoms with E-state index in [0.29, 0.717) is 12.6 Å². The van der Waals surface area contributed by atoms with Gasteiger partial charge < -0.3 is 9.88 Å². The van der Waals surface area contributed by atoms with Gasteiger partial charge in [0.15, 0.2) is 0 Å². The maximum atomic E-state index is 12.4. The molecule has 2 heterocycles. The zero-order valence-corrected chi connectivity index (χ0v) is 14.8. The van der Waals surface area contributed by atoms with E-state index in [0.717, 1.165) is 37.5 Å². The van der Waals surface area contributed by atoms with Crippen LogP contribution in [0.1, 0.15) is 31.2 Å². The Labute approximate surface area is 142 Å². The van der Waals surface area contributed by atoms with Gasteiger partial charge in [-0.1, -0.05) is 6.42 Å². The fraction of sp³-hybridized carbons (Fsp3) is 0.750. The standard InChI is InChI=1S/C16H26N4O2.ClH/c1-18-10-13(15(21)19(2)16(18)22)11-20(9-12-4-3-5-12)14-6-7-17-8-14;/h10,12,14,17H,3-9,11H2,1-2H3;1H. The highest BCUT2D eigenvalue weighted by atomic mass is 35.5. The van der Waals surface area contributed by atoms with E-state index in [-0.39, 0.29) is 23.7 Å². The van der Waals surface area contributed by atoms with E-state index in [1.807, 2.05) is 0 Å². The second-order valence-electron chi connectivity index (χ2n) is 6.78. The lowest BCUT2D eigenvalue weighted by Crippen LogP contribution is -2.44. The first-order chi connectivity index (χ1) is 10.6. The van der Waals surface area contributed by atoms with Gasteiger partial charge in [-0.15, -0.1) is 12.4 Å². The Kier molecular flexibility index (Phi) is 6.06. The average Bonchev–Trinajstić information content (AvgIpc) is 2.98. The van der Waals surface area contributed by atoms with Gasteiger partial charge in [-0.25, -0.2) is 4.79 Å². The number of nitrogens with one attached hydrogen (secondary N) is 1. The molecule has 0 spiro atoms. The fourth-order valence-corrected chi connectivity index (χ4v) is 3.51. The largest absolute Gasteiger partial charge is 0.330 e. The SMILES string of the molecule is Cl.Cn1cc(CN(CC2CCC2)C2CCNC2)c(=O)n(C)c1=O. The Balaban J connectivity index is 0.00000192. The van der Waals surface area contributed by atoms with Crippen molar-refractivity contribution in [1.82, 2.24) is 19.4 Å². The molecule has 2 fully saturated rings. The first-order valence-corrected chi connectivity index (χ1v) is 8.26. The lowest BCUT2D eigenvalue weighted by atomic mass is 9.84. The summed E-state index contributed by atoms with van der Waals surface area (Å²) >= 11 is 0. The van der Waals surface area contributed by atoms with E-state index in [9.17, 15) is 9.59 Å². The summed E-state index contributed by atoms with van der Waals surface area (Å²) in [4.78, 5) is 26.6. The molecule has 130 valence electrons. The van der Waals surface area contributed by atoms with Crippen molar-refractivity contribution < 1.29 is 0 Å². The van der Waals surface area contributed by atoms with Crippen LogP contribution in [0.5, 0.6) is 0 Å². The van der Waals surface area contributed by atoms with Crippen LogP contribution < -0.4 is 16.6 Å². The molecule has 1 saturated heterocycles. The van der Waals surface area contributed by atoms with Crippen LogP contribution in [0.2, 0.25) is 0 Å². The zero-order valence-electron chi connectivity index (χ0n) is 14.0. The molecule has 1 atom stereocenters. The van der Waals surface area contributed by atoms with Crippen LogP contribution in [0.4, 0.5) is 0 Å². The van der Waals surface area contributed by atoms with Crippen LogP contribution in [0.3, 0.4) is 0 Å². The molecule has 0 bridgehead atoms. The molecule has 1 aliphatic heterocycles. The van der Waals surface area contributed by atoms with Gasteiger partial charge in [0.05, 0.1) is 0 Å². The number of aromatic nitrogens is 2. The smallest absolute Gasteiger partial charge is 0.315 e. The normalized spacial score (nSPS) is 21.3. The van der Waals surface area contributed by atoms with Crippen molar-refractivity contribution in [2.75, 3.05) is 19.6 Å². The number of halogens is 1. The van der Waals surface area contributed by atoms with Crippen molar-refractivity contribution in [3.8, 4) is 0 Å². The van der Waals surface area contributed by atoms with E-state index < -0.39 is 0 Å². The summed E-state index contributed by atoms with van der Waals surface area (Å²) in [6.45, 7) is 3.76. The Morgan fingerprint density at radius 3 is 2.57 bits per heavy atom. The number of hydrogen-bond donors (Lipinski definition) is 1. The molecule has 1 aliphatic carbocycles. The summed E-state index contributed by atoms with van der Waals surface area (Å²) in [5, 5.41) is 3.41. The molecule has 6 nitrogen and oxygen atoms in total. The molecular weight excluding hydrogens is 316 g/mol. The molecule has 0 radical (unpaired) electrons. The lowest BCUT2D eigenvalue weighted by molar-refractivity contribution is 0.131. The van der Waals surface area contributed by atoms with E-state index in [1.54, 1.807) is 20.3 Å². The Morgan fingerprint density at radius 2 is 2.00 bits per heavy atom. The Bertz CT molecular complexity index is 644. The average molecular weight is 343 g/mol. The number of rotatable bonds is 5. The summed E-state index contributed by atoms with van der Waals surface area (Å²) < 4.78 is 2.72. The molecule has 23 heavy (non-hydrogen) atoms. The first-order valence-electron chi connectivity index (χ1n) is 8.26. The van der Waals surface area contributed by atoms with E-state index in [4.69, 9.17) is 0 Å². The third-order valence-electron chi connectivity index (χ3n) is 5.16. The van der Waals surface area contributed by atoms with Gasteiger partial charge >= 0.3 is 5.69 Å². The monoisotopic (exact) mass is 342 g/mol. The molecule has 1 N–H and O–H groups in total. The Morgan fingerprint density at radius 1 is 1.26 bits per heavy atom. The van der Waals surface area contributed by atoms with E-state index in [1.165, 1.54) is 28.4 Å². The van der Waals surface area contributed by atoms with Crippen LogP contribution in [0.25, 0.3) is 0 Å². The Hall–Kier alpha value is -1.11. The van der Waals surface area contributed by atoms with Crippen LogP contribution >= 0.6 is 12.4 Å². The fourth-order valence-electron chi connectivity index (χ4n) is 3.51. The highest BCUT2D eigenvalue weighted by Gasteiger charge is 2.28. The number of aryl methyl sites for hydroxylation is 1. The summed E-state index contributed by atoms with van der Waals surface area (Å²) in [6.07, 6.45) is 6.80. The summed E-state index contributed by atoms with van der Waals surface area (Å²) in [5.74, 6) is 0.775. The molecule has 1 unspecified atom stereocenters. The maximum absolute atomic E-state index is 12.4. The van der Waals surface area contributed by atoms with Gasteiger partial charge in [-0.3, -0.25) is 14.3 Å². The van der Waals surface area contributed by atoms with E-state index in [2.05, 4.69) is 10.2 Å². The number of hydrogen-bond acceptors (Lipinski definition) is 4. The predicted octanol–water partition coefficient (Wildman–Crippen LogP) is 0.470. The third kappa shape index (κ3) is 3.87. The zero-order chi connectivity index (χ0) is 15.7. The van der Waals surface area contributed by atoms with Crippen molar-refractivity contribution in [2.45, 2.75) is 38.3 Å². The quantitative estimate of drug-likeness (QED) is 0.845. The molecule has 0 amide bonds. The highest BCUT2D eigenvalue weighted by Crippen LogP contribution is 2.28. The third-order valence-corrected chi connectivity index (χ3v) is 5.16. The minimum atomic E-state index is -0.262. The minimum absolute atomic E-state index is 0. The van der Waals surface area contributed by atoms with Gasteiger partial charge in [-0.05, 0) is 31.7 Å². The van der Waals surface area contributed by atoms with Crippen LogP contribution in [0, 0.1) is 5.92 Å². The highest BCUT2D eigenvalue weighted by molar-refractivity contribution is 5.85. The molecule has 1 aromatic heterocycles. The van der Waals surface area contributed by atoms with E-state index >= 15 is 0 Å². The van der Waals surface area contributed by atoms with Crippen LogP contribution in [-0.2, 0) is 20.6 Å². The molecule has 7 heteroatoms. The summed E-state index contributed by atoms with van der Waals surface area (Å²) in [6, 6.07) is 0.502. The predicted molar refractivity (Wildman–Crippen MR) is 93.2 cm³/mol. The molecule has 2 aliphatic rings. The summed E-state index contributed by atoms with van der Waals surface area (Å²) in [7, 11) is 3.26. The van der Waals surface area contributed by atoms with Crippen molar-refractivity contribution in [3.05, 3.63) is 32.6 Å².